The summed E-state index contributed by atoms with van der Waals surface area (Å²) in [6.45, 7) is -0.211. The Morgan fingerprint density at radius 2 is 1.58 bits per heavy atom. The molecule has 1 aliphatic heterocycles. The van der Waals surface area contributed by atoms with E-state index in [1.54, 1.807) is 24.3 Å². The Labute approximate surface area is 203 Å². The van der Waals surface area contributed by atoms with E-state index in [1.807, 2.05) is 0 Å². The number of nitrogens with zero attached hydrogens (tertiary/aromatic N) is 2. The molecule has 1 unspecified atom stereocenters. The second-order valence-electron chi connectivity index (χ2n) is 7.39. The molecular weight excluding hydrogens is 535 g/mol. The fourth-order valence-corrected chi connectivity index (χ4v) is 5.54. The molecule has 0 spiro atoms. The van der Waals surface area contributed by atoms with Crippen LogP contribution in [0.3, 0.4) is 0 Å². The minimum absolute atomic E-state index is 0.0296. The average molecular weight is 552 g/mol. The molecule has 1 heterocycles. The van der Waals surface area contributed by atoms with E-state index in [0.29, 0.717) is 20.7 Å². The minimum Gasteiger partial charge on any atom is -0.274 e. The van der Waals surface area contributed by atoms with Crippen LogP contribution in [0.2, 0.25) is 5.02 Å². The van der Waals surface area contributed by atoms with Crippen molar-refractivity contribution in [3.05, 3.63) is 93.7 Å². The van der Waals surface area contributed by atoms with E-state index >= 15 is 0 Å². The smallest absolute Gasteiger partial charge is 0.252 e. The van der Waals surface area contributed by atoms with Crippen LogP contribution in [0.25, 0.3) is 0 Å². The van der Waals surface area contributed by atoms with Gasteiger partial charge in [-0.3, -0.25) is 9.59 Å². The van der Waals surface area contributed by atoms with Crippen LogP contribution in [0.15, 0.2) is 82.2 Å². The van der Waals surface area contributed by atoms with E-state index in [4.69, 9.17) is 11.6 Å². The highest BCUT2D eigenvalue weighted by Gasteiger charge is 2.47. The number of anilines is 1. The maximum Gasteiger partial charge on any atom is 0.252 e. The van der Waals surface area contributed by atoms with Gasteiger partial charge in [0, 0.05) is 16.0 Å². The van der Waals surface area contributed by atoms with Gasteiger partial charge in [-0.25, -0.2) is 17.7 Å². The largest absolute Gasteiger partial charge is 0.274 e. The summed E-state index contributed by atoms with van der Waals surface area (Å²) < 4.78 is 42.2. The molecule has 10 heteroatoms. The fraction of sp³-hybridized carbons (Fsp3) is 0.130. The van der Waals surface area contributed by atoms with E-state index in [0.717, 1.165) is 9.21 Å². The van der Waals surface area contributed by atoms with E-state index < -0.39 is 33.7 Å². The number of carbonyl (C=O) groups is 2. The first-order chi connectivity index (χ1) is 15.7. The summed E-state index contributed by atoms with van der Waals surface area (Å²) in [5, 5.41) is 0.435. The van der Waals surface area contributed by atoms with Crippen LogP contribution in [-0.2, 0) is 26.2 Å². The Balaban J connectivity index is 1.74. The Morgan fingerprint density at radius 3 is 2.18 bits per heavy atom. The maximum atomic E-state index is 13.6. The Morgan fingerprint density at radius 1 is 0.970 bits per heavy atom. The van der Waals surface area contributed by atoms with Gasteiger partial charge in [0.2, 0.25) is 15.9 Å². The van der Waals surface area contributed by atoms with Crippen molar-refractivity contribution < 1.29 is 22.4 Å². The van der Waals surface area contributed by atoms with Crippen LogP contribution in [0, 0.1) is 5.82 Å². The summed E-state index contributed by atoms with van der Waals surface area (Å²) in [6.07, 6.45) is -0.321. The zero-order chi connectivity index (χ0) is 23.8. The van der Waals surface area contributed by atoms with Crippen molar-refractivity contribution in [3.8, 4) is 0 Å². The van der Waals surface area contributed by atoms with Crippen LogP contribution in [-0.4, -0.2) is 30.6 Å². The number of sulfonamides is 1. The molecule has 4 rings (SSSR count). The van der Waals surface area contributed by atoms with Crippen molar-refractivity contribution in [3.63, 3.8) is 0 Å². The SMILES string of the molecule is O=C1CC(N(Cc2ccc(F)cc2)S(=O)(=O)c2ccc(Br)cc2)C(=O)N1c1ccc(Cl)cc1. The number of benzene rings is 3. The molecule has 170 valence electrons. The zero-order valence-electron chi connectivity index (χ0n) is 17.0. The van der Waals surface area contributed by atoms with Gasteiger partial charge in [-0.15, -0.1) is 0 Å². The summed E-state index contributed by atoms with van der Waals surface area (Å²) in [7, 11) is -4.18. The highest BCUT2D eigenvalue weighted by Crippen LogP contribution is 2.31. The standard InChI is InChI=1S/C23H17BrClFN2O4S/c24-16-3-11-20(12-4-16)33(31,32)27(14-15-1-7-18(26)8-2-15)21-13-22(29)28(23(21)30)19-9-5-17(25)6-10-19/h1-12,21H,13-14H2. The first-order valence-corrected chi connectivity index (χ1v) is 12.4. The normalized spacial score (nSPS) is 16.6. The van der Waals surface area contributed by atoms with E-state index in [-0.39, 0.29) is 17.9 Å². The van der Waals surface area contributed by atoms with Crippen LogP contribution in [0.1, 0.15) is 12.0 Å². The summed E-state index contributed by atoms with van der Waals surface area (Å²) in [6, 6.07) is 16.1. The van der Waals surface area contributed by atoms with Gasteiger partial charge >= 0.3 is 0 Å². The number of hydrogen-bond acceptors (Lipinski definition) is 4. The number of halogens is 3. The maximum absolute atomic E-state index is 13.6. The molecule has 3 aromatic rings. The molecule has 0 aromatic heterocycles. The van der Waals surface area contributed by atoms with Crippen LogP contribution >= 0.6 is 27.5 Å². The van der Waals surface area contributed by atoms with Gasteiger partial charge in [0.1, 0.15) is 11.9 Å². The van der Waals surface area contributed by atoms with Crippen LogP contribution in [0.5, 0.6) is 0 Å². The molecule has 2 amide bonds. The van der Waals surface area contributed by atoms with Crippen LogP contribution < -0.4 is 4.90 Å². The molecule has 1 fully saturated rings. The molecule has 1 saturated heterocycles. The van der Waals surface area contributed by atoms with Gasteiger partial charge in [-0.05, 0) is 66.2 Å². The number of imide groups is 1. The van der Waals surface area contributed by atoms with Crippen molar-refractivity contribution in [1.29, 1.82) is 0 Å². The van der Waals surface area contributed by atoms with Crippen molar-refractivity contribution in [2.24, 2.45) is 0 Å². The molecule has 0 bridgehead atoms. The number of hydrogen-bond donors (Lipinski definition) is 0. The lowest BCUT2D eigenvalue weighted by molar-refractivity contribution is -0.122. The van der Waals surface area contributed by atoms with Crippen molar-refractivity contribution in [2.45, 2.75) is 23.9 Å². The molecule has 0 saturated carbocycles. The molecule has 6 nitrogen and oxygen atoms in total. The summed E-state index contributed by atoms with van der Waals surface area (Å²) in [5.74, 6) is -1.66. The zero-order valence-corrected chi connectivity index (χ0v) is 20.1. The highest BCUT2D eigenvalue weighted by atomic mass is 79.9. The molecule has 1 aliphatic rings. The summed E-state index contributed by atoms with van der Waals surface area (Å²) in [5.41, 5.74) is 0.780. The van der Waals surface area contributed by atoms with Gasteiger partial charge in [-0.2, -0.15) is 4.31 Å². The summed E-state index contributed by atoms with van der Waals surface area (Å²) >= 11 is 9.18. The second kappa shape index (κ2) is 9.34. The lowest BCUT2D eigenvalue weighted by Gasteiger charge is -2.27. The molecule has 33 heavy (non-hydrogen) atoms. The van der Waals surface area contributed by atoms with E-state index in [1.165, 1.54) is 48.5 Å². The Hall–Kier alpha value is -2.59. The van der Waals surface area contributed by atoms with Gasteiger partial charge < -0.3 is 0 Å². The lowest BCUT2D eigenvalue weighted by atomic mass is 10.2. The van der Waals surface area contributed by atoms with Gasteiger partial charge in [0.05, 0.1) is 17.0 Å². The van der Waals surface area contributed by atoms with Crippen molar-refractivity contribution in [1.82, 2.24) is 4.31 Å². The number of amides is 2. The first kappa shape index (κ1) is 23.6. The van der Waals surface area contributed by atoms with Gasteiger partial charge in [0.25, 0.3) is 5.91 Å². The monoisotopic (exact) mass is 550 g/mol. The third kappa shape index (κ3) is 4.86. The van der Waals surface area contributed by atoms with E-state index in [2.05, 4.69) is 15.9 Å². The molecule has 3 aromatic carbocycles. The Bertz CT molecular complexity index is 1300. The first-order valence-electron chi connectivity index (χ1n) is 9.81. The summed E-state index contributed by atoms with van der Waals surface area (Å²) in [4.78, 5) is 27.0. The Kier molecular flexibility index (Phi) is 6.67. The predicted molar refractivity (Wildman–Crippen MR) is 126 cm³/mol. The highest BCUT2D eigenvalue weighted by molar-refractivity contribution is 9.10. The topological polar surface area (TPSA) is 74.8 Å². The lowest BCUT2D eigenvalue weighted by Crippen LogP contribution is -2.45. The molecule has 0 aliphatic carbocycles. The second-order valence-corrected chi connectivity index (χ2v) is 10.6. The van der Waals surface area contributed by atoms with Crippen LogP contribution in [0.4, 0.5) is 10.1 Å². The number of carbonyl (C=O) groups excluding carboxylic acids is 2. The average Bonchev–Trinajstić information content (AvgIpc) is 3.07. The molecule has 1 atom stereocenters. The molecule has 0 radical (unpaired) electrons. The van der Waals surface area contributed by atoms with Crippen molar-refractivity contribution in [2.75, 3.05) is 4.90 Å². The fourth-order valence-electron chi connectivity index (χ4n) is 3.58. The van der Waals surface area contributed by atoms with Gasteiger partial charge in [-0.1, -0.05) is 39.7 Å². The minimum atomic E-state index is -4.18. The third-order valence-corrected chi connectivity index (χ3v) is 7.88. The molecular formula is C23H17BrClFN2O4S. The molecule has 0 N–H and O–H groups in total. The predicted octanol–water partition coefficient (Wildman–Crippen LogP) is 4.76. The number of rotatable bonds is 6. The third-order valence-electron chi connectivity index (χ3n) is 5.23. The van der Waals surface area contributed by atoms with Gasteiger partial charge in [0.15, 0.2) is 0 Å². The van der Waals surface area contributed by atoms with E-state index in [9.17, 15) is 22.4 Å². The quantitative estimate of drug-likeness (QED) is 0.414. The van der Waals surface area contributed by atoms with Crippen molar-refractivity contribution >= 4 is 55.1 Å².